The lowest BCUT2D eigenvalue weighted by Crippen LogP contribution is -2.15. The lowest BCUT2D eigenvalue weighted by atomic mass is 10.0. The fourth-order valence-electron chi connectivity index (χ4n) is 2.17. The van der Waals surface area contributed by atoms with Crippen LogP contribution in [0.25, 0.3) is 0 Å². The van der Waals surface area contributed by atoms with Crippen molar-refractivity contribution in [3.63, 3.8) is 0 Å². The van der Waals surface area contributed by atoms with Gasteiger partial charge in [0, 0.05) is 18.7 Å². The molecule has 0 radical (unpaired) electrons. The van der Waals surface area contributed by atoms with Gasteiger partial charge in [-0.3, -0.25) is 10.1 Å². The van der Waals surface area contributed by atoms with Crippen molar-refractivity contribution in [2.45, 2.75) is 52.5 Å². The van der Waals surface area contributed by atoms with Gasteiger partial charge in [0.1, 0.15) is 0 Å². The zero-order valence-electron chi connectivity index (χ0n) is 12.9. The Balaban J connectivity index is 2.17. The molecule has 0 aromatic heterocycles. The SMILES string of the molecule is CC(C)CCCCCCNCc1ccc([N+](=O)[O-])cc1Cl. The minimum absolute atomic E-state index is 0.0360. The van der Waals surface area contributed by atoms with Gasteiger partial charge in [-0.25, -0.2) is 0 Å². The van der Waals surface area contributed by atoms with E-state index in [-0.39, 0.29) is 5.69 Å². The van der Waals surface area contributed by atoms with Crippen molar-refractivity contribution in [3.05, 3.63) is 38.9 Å². The molecule has 0 aliphatic carbocycles. The molecule has 0 bridgehead atoms. The Morgan fingerprint density at radius 3 is 2.57 bits per heavy atom. The highest BCUT2D eigenvalue weighted by molar-refractivity contribution is 6.31. The van der Waals surface area contributed by atoms with E-state index in [9.17, 15) is 10.1 Å². The topological polar surface area (TPSA) is 55.2 Å². The molecular weight excluding hydrogens is 288 g/mol. The number of nitrogens with one attached hydrogen (secondary N) is 1. The predicted molar refractivity (Wildman–Crippen MR) is 87.7 cm³/mol. The van der Waals surface area contributed by atoms with Crippen molar-refractivity contribution in [3.8, 4) is 0 Å². The summed E-state index contributed by atoms with van der Waals surface area (Å²) in [6.07, 6.45) is 6.31. The van der Waals surface area contributed by atoms with Crippen LogP contribution < -0.4 is 5.32 Å². The van der Waals surface area contributed by atoms with Gasteiger partial charge in [-0.15, -0.1) is 0 Å². The number of halogens is 1. The smallest absolute Gasteiger partial charge is 0.270 e. The third-order valence-electron chi connectivity index (χ3n) is 3.45. The maximum Gasteiger partial charge on any atom is 0.270 e. The Kier molecular flexibility index (Phi) is 8.31. The lowest BCUT2D eigenvalue weighted by molar-refractivity contribution is -0.384. The van der Waals surface area contributed by atoms with Crippen molar-refractivity contribution >= 4 is 17.3 Å². The first-order valence-electron chi connectivity index (χ1n) is 7.64. The number of non-ortho nitro benzene ring substituents is 1. The fourth-order valence-corrected chi connectivity index (χ4v) is 2.41. The highest BCUT2D eigenvalue weighted by Crippen LogP contribution is 2.22. The van der Waals surface area contributed by atoms with Crippen LogP contribution >= 0.6 is 11.6 Å². The van der Waals surface area contributed by atoms with E-state index >= 15 is 0 Å². The predicted octanol–water partition coefficient (Wildman–Crippen LogP) is 4.94. The maximum atomic E-state index is 10.6. The monoisotopic (exact) mass is 312 g/mol. The minimum atomic E-state index is -0.430. The van der Waals surface area contributed by atoms with Gasteiger partial charge in [0.2, 0.25) is 0 Å². The molecule has 0 aliphatic rings. The van der Waals surface area contributed by atoms with Gasteiger partial charge >= 0.3 is 0 Å². The molecule has 0 saturated carbocycles. The minimum Gasteiger partial charge on any atom is -0.313 e. The number of nitro groups is 1. The second kappa shape index (κ2) is 9.74. The summed E-state index contributed by atoms with van der Waals surface area (Å²) >= 11 is 6.04. The molecule has 0 heterocycles. The Morgan fingerprint density at radius 2 is 1.95 bits per heavy atom. The van der Waals surface area contributed by atoms with E-state index in [1.54, 1.807) is 6.07 Å². The van der Waals surface area contributed by atoms with Crippen LogP contribution in [0.5, 0.6) is 0 Å². The number of nitrogens with zero attached hydrogens (tertiary/aromatic N) is 1. The van der Waals surface area contributed by atoms with Crippen molar-refractivity contribution in [2.75, 3.05) is 6.54 Å². The van der Waals surface area contributed by atoms with E-state index in [1.165, 1.54) is 37.8 Å². The second-order valence-electron chi connectivity index (χ2n) is 5.81. The van der Waals surface area contributed by atoms with Crippen molar-refractivity contribution in [1.29, 1.82) is 0 Å². The summed E-state index contributed by atoms with van der Waals surface area (Å²) in [5.41, 5.74) is 0.941. The number of hydrogen-bond donors (Lipinski definition) is 1. The molecule has 1 rings (SSSR count). The normalized spacial score (nSPS) is 11.0. The van der Waals surface area contributed by atoms with E-state index in [1.807, 2.05) is 0 Å². The van der Waals surface area contributed by atoms with Crippen molar-refractivity contribution in [1.82, 2.24) is 5.32 Å². The van der Waals surface area contributed by atoms with E-state index in [0.29, 0.717) is 11.6 Å². The Morgan fingerprint density at radius 1 is 1.24 bits per heavy atom. The molecule has 0 unspecified atom stereocenters. The number of unbranched alkanes of at least 4 members (excludes halogenated alkanes) is 3. The van der Waals surface area contributed by atoms with Gasteiger partial charge in [-0.05, 0) is 30.5 Å². The first-order chi connectivity index (χ1) is 10.0. The first kappa shape index (κ1) is 17.9. The van der Waals surface area contributed by atoms with Crippen LogP contribution in [0.15, 0.2) is 18.2 Å². The number of rotatable bonds is 10. The van der Waals surface area contributed by atoms with E-state index in [2.05, 4.69) is 19.2 Å². The molecule has 0 spiro atoms. The van der Waals surface area contributed by atoms with Gasteiger partial charge in [0.25, 0.3) is 5.69 Å². The number of nitro benzene ring substituents is 1. The maximum absolute atomic E-state index is 10.6. The third kappa shape index (κ3) is 7.44. The van der Waals surface area contributed by atoms with Crippen LogP contribution in [0.2, 0.25) is 5.02 Å². The van der Waals surface area contributed by atoms with Crippen LogP contribution in [0.4, 0.5) is 5.69 Å². The molecule has 5 heteroatoms. The Bertz CT molecular complexity index is 450. The quantitative estimate of drug-likeness (QED) is 0.378. The third-order valence-corrected chi connectivity index (χ3v) is 3.80. The lowest BCUT2D eigenvalue weighted by Gasteiger charge is -2.07. The zero-order valence-corrected chi connectivity index (χ0v) is 13.7. The standard InChI is InChI=1S/C16H25ClN2O2/c1-13(2)7-5-3-4-6-10-18-12-14-8-9-15(19(20)21)11-16(14)17/h8-9,11,13,18H,3-7,10,12H2,1-2H3. The van der Waals surface area contributed by atoms with Crippen LogP contribution in [-0.2, 0) is 6.54 Å². The van der Waals surface area contributed by atoms with Gasteiger partial charge in [-0.1, -0.05) is 51.1 Å². The van der Waals surface area contributed by atoms with Gasteiger partial charge in [0.15, 0.2) is 0 Å². The molecule has 4 nitrogen and oxygen atoms in total. The van der Waals surface area contributed by atoms with Gasteiger partial charge in [0.05, 0.1) is 9.95 Å². The average Bonchev–Trinajstić information content (AvgIpc) is 2.42. The fraction of sp³-hybridized carbons (Fsp3) is 0.625. The summed E-state index contributed by atoms with van der Waals surface area (Å²) in [4.78, 5) is 10.2. The molecule has 21 heavy (non-hydrogen) atoms. The molecule has 0 aliphatic heterocycles. The van der Waals surface area contributed by atoms with Crippen molar-refractivity contribution < 1.29 is 4.92 Å². The molecule has 0 fully saturated rings. The summed E-state index contributed by atoms with van der Waals surface area (Å²) in [6.45, 7) is 6.13. The van der Waals surface area contributed by atoms with E-state index in [0.717, 1.165) is 24.4 Å². The van der Waals surface area contributed by atoms with Gasteiger partial charge < -0.3 is 5.32 Å². The van der Waals surface area contributed by atoms with Crippen LogP contribution in [-0.4, -0.2) is 11.5 Å². The highest BCUT2D eigenvalue weighted by atomic mass is 35.5. The zero-order chi connectivity index (χ0) is 15.7. The molecule has 0 amide bonds. The Hall–Kier alpha value is -1.13. The molecule has 1 aromatic rings. The van der Waals surface area contributed by atoms with E-state index < -0.39 is 4.92 Å². The number of hydrogen-bond acceptors (Lipinski definition) is 3. The molecule has 0 atom stereocenters. The number of benzene rings is 1. The van der Waals surface area contributed by atoms with Crippen LogP contribution in [0.1, 0.15) is 51.5 Å². The molecule has 0 saturated heterocycles. The molecule has 118 valence electrons. The average molecular weight is 313 g/mol. The molecule has 1 aromatic carbocycles. The molecule has 1 N–H and O–H groups in total. The van der Waals surface area contributed by atoms with Gasteiger partial charge in [-0.2, -0.15) is 0 Å². The largest absolute Gasteiger partial charge is 0.313 e. The molecular formula is C16H25ClN2O2. The second-order valence-corrected chi connectivity index (χ2v) is 6.21. The Labute approximate surface area is 132 Å². The highest BCUT2D eigenvalue weighted by Gasteiger charge is 2.08. The summed E-state index contributed by atoms with van der Waals surface area (Å²) in [5, 5.41) is 14.4. The summed E-state index contributed by atoms with van der Waals surface area (Å²) in [6, 6.07) is 4.62. The van der Waals surface area contributed by atoms with Crippen molar-refractivity contribution in [2.24, 2.45) is 5.92 Å². The van der Waals surface area contributed by atoms with Crippen LogP contribution in [0, 0.1) is 16.0 Å². The summed E-state index contributed by atoms with van der Waals surface area (Å²) in [5.74, 6) is 0.799. The summed E-state index contributed by atoms with van der Waals surface area (Å²) in [7, 11) is 0. The summed E-state index contributed by atoms with van der Waals surface area (Å²) < 4.78 is 0. The van der Waals surface area contributed by atoms with Crippen LogP contribution in [0.3, 0.4) is 0 Å². The van der Waals surface area contributed by atoms with E-state index in [4.69, 9.17) is 11.6 Å². The first-order valence-corrected chi connectivity index (χ1v) is 8.02.